The Labute approximate surface area is 122 Å². The van der Waals surface area contributed by atoms with Gasteiger partial charge in [0.05, 0.1) is 12.0 Å². The van der Waals surface area contributed by atoms with Crippen LogP contribution in [0.1, 0.15) is 5.56 Å². The second-order valence-electron chi connectivity index (χ2n) is 5.10. The Morgan fingerprint density at radius 3 is 2.76 bits per heavy atom. The standard InChI is InChI=1S/C18H14N2O/c1-12-14-6-3-2-5-13(14)8-9-15(12)16-11-17(20-19-16)18-7-4-10-21-18/h2-11H,1H3,(H,19,20). The first-order valence-electron chi connectivity index (χ1n) is 6.91. The molecule has 102 valence electrons. The SMILES string of the molecule is Cc1c(-c2cc(-c3ccco3)[nH]n2)ccc2ccccc12. The van der Waals surface area contributed by atoms with Crippen LogP contribution >= 0.6 is 0 Å². The molecule has 0 atom stereocenters. The fourth-order valence-corrected chi connectivity index (χ4v) is 2.72. The van der Waals surface area contributed by atoms with E-state index in [1.54, 1.807) is 6.26 Å². The van der Waals surface area contributed by atoms with Crippen LogP contribution in [0.4, 0.5) is 0 Å². The number of rotatable bonds is 2. The second-order valence-corrected chi connectivity index (χ2v) is 5.10. The number of nitrogens with zero attached hydrogens (tertiary/aromatic N) is 1. The largest absolute Gasteiger partial charge is 0.463 e. The molecule has 0 amide bonds. The van der Waals surface area contributed by atoms with E-state index in [2.05, 4.69) is 53.5 Å². The third-order valence-electron chi connectivity index (χ3n) is 3.84. The number of hydrogen-bond acceptors (Lipinski definition) is 2. The first-order chi connectivity index (χ1) is 10.3. The smallest absolute Gasteiger partial charge is 0.151 e. The fraction of sp³-hybridized carbons (Fsp3) is 0.0556. The lowest BCUT2D eigenvalue weighted by Gasteiger charge is -2.06. The average molecular weight is 274 g/mol. The van der Waals surface area contributed by atoms with Crippen molar-refractivity contribution < 1.29 is 4.42 Å². The lowest BCUT2D eigenvalue weighted by atomic mass is 9.98. The van der Waals surface area contributed by atoms with E-state index in [4.69, 9.17) is 4.42 Å². The predicted octanol–water partition coefficient (Wildman–Crippen LogP) is 4.80. The highest BCUT2D eigenvalue weighted by Crippen LogP contribution is 2.30. The van der Waals surface area contributed by atoms with Crippen LogP contribution in [0.25, 0.3) is 33.5 Å². The summed E-state index contributed by atoms with van der Waals surface area (Å²) in [6.45, 7) is 2.14. The topological polar surface area (TPSA) is 41.8 Å². The molecule has 0 radical (unpaired) electrons. The monoisotopic (exact) mass is 274 g/mol. The molecule has 2 aromatic carbocycles. The van der Waals surface area contributed by atoms with E-state index in [1.807, 2.05) is 18.2 Å². The number of benzene rings is 2. The maximum absolute atomic E-state index is 5.40. The van der Waals surface area contributed by atoms with Gasteiger partial charge in [-0.15, -0.1) is 0 Å². The number of H-pyrrole nitrogens is 1. The van der Waals surface area contributed by atoms with Crippen molar-refractivity contribution in [1.82, 2.24) is 10.2 Å². The molecule has 0 saturated heterocycles. The van der Waals surface area contributed by atoms with Crippen molar-refractivity contribution in [2.24, 2.45) is 0 Å². The van der Waals surface area contributed by atoms with Crippen molar-refractivity contribution in [1.29, 1.82) is 0 Å². The minimum absolute atomic E-state index is 0.798. The van der Waals surface area contributed by atoms with Crippen LogP contribution < -0.4 is 0 Å². The maximum atomic E-state index is 5.40. The van der Waals surface area contributed by atoms with Crippen molar-refractivity contribution in [3.05, 3.63) is 66.4 Å². The molecule has 0 saturated carbocycles. The summed E-state index contributed by atoms with van der Waals surface area (Å²) >= 11 is 0. The zero-order valence-electron chi connectivity index (χ0n) is 11.6. The van der Waals surface area contributed by atoms with Crippen LogP contribution in [0.15, 0.2) is 65.3 Å². The molecule has 0 bridgehead atoms. The molecule has 3 heteroatoms. The van der Waals surface area contributed by atoms with E-state index >= 15 is 0 Å². The molecule has 4 rings (SSSR count). The summed E-state index contributed by atoms with van der Waals surface area (Å²) < 4.78 is 5.40. The lowest BCUT2D eigenvalue weighted by Crippen LogP contribution is -1.85. The van der Waals surface area contributed by atoms with Gasteiger partial charge in [-0.1, -0.05) is 36.4 Å². The van der Waals surface area contributed by atoms with Crippen LogP contribution in [0.2, 0.25) is 0 Å². The van der Waals surface area contributed by atoms with Crippen molar-refractivity contribution in [2.75, 3.05) is 0 Å². The molecule has 0 unspecified atom stereocenters. The molecular weight excluding hydrogens is 260 g/mol. The minimum atomic E-state index is 0.798. The number of aryl methyl sites for hydroxylation is 1. The van der Waals surface area contributed by atoms with Gasteiger partial charge in [0, 0.05) is 5.56 Å². The van der Waals surface area contributed by atoms with Crippen molar-refractivity contribution in [2.45, 2.75) is 6.92 Å². The third-order valence-corrected chi connectivity index (χ3v) is 3.84. The average Bonchev–Trinajstić information content (AvgIpc) is 3.19. The summed E-state index contributed by atoms with van der Waals surface area (Å²) in [5, 5.41) is 9.98. The molecule has 0 fully saturated rings. The number of hydrogen-bond donors (Lipinski definition) is 1. The molecule has 0 aliphatic rings. The molecule has 2 heterocycles. The van der Waals surface area contributed by atoms with Gasteiger partial charge in [-0.2, -0.15) is 5.10 Å². The highest BCUT2D eigenvalue weighted by Gasteiger charge is 2.11. The fourth-order valence-electron chi connectivity index (χ4n) is 2.72. The van der Waals surface area contributed by atoms with E-state index in [9.17, 15) is 0 Å². The summed E-state index contributed by atoms with van der Waals surface area (Å²) in [6.07, 6.45) is 1.66. The van der Waals surface area contributed by atoms with Crippen LogP contribution in [0.5, 0.6) is 0 Å². The highest BCUT2D eigenvalue weighted by atomic mass is 16.3. The Balaban J connectivity index is 1.85. The summed E-state index contributed by atoms with van der Waals surface area (Å²) in [6, 6.07) is 18.5. The number of fused-ring (bicyclic) bond motifs is 1. The molecule has 0 aliphatic carbocycles. The Kier molecular flexibility index (Phi) is 2.64. The summed E-state index contributed by atoms with van der Waals surface area (Å²) in [5.41, 5.74) is 4.21. The summed E-state index contributed by atoms with van der Waals surface area (Å²) in [4.78, 5) is 0. The number of nitrogens with one attached hydrogen (secondary N) is 1. The maximum Gasteiger partial charge on any atom is 0.151 e. The Morgan fingerprint density at radius 1 is 1.00 bits per heavy atom. The molecule has 1 N–H and O–H groups in total. The van der Waals surface area contributed by atoms with Gasteiger partial charge < -0.3 is 4.42 Å². The lowest BCUT2D eigenvalue weighted by molar-refractivity contribution is 0.580. The van der Waals surface area contributed by atoms with Gasteiger partial charge in [0.25, 0.3) is 0 Å². The van der Waals surface area contributed by atoms with E-state index in [0.717, 1.165) is 22.7 Å². The molecule has 21 heavy (non-hydrogen) atoms. The van der Waals surface area contributed by atoms with Gasteiger partial charge in [0.1, 0.15) is 5.69 Å². The van der Waals surface area contributed by atoms with E-state index in [0.29, 0.717) is 0 Å². The van der Waals surface area contributed by atoms with Crippen LogP contribution in [-0.2, 0) is 0 Å². The number of furan rings is 1. The van der Waals surface area contributed by atoms with Gasteiger partial charge in [0.15, 0.2) is 5.76 Å². The predicted molar refractivity (Wildman–Crippen MR) is 84.0 cm³/mol. The Hall–Kier alpha value is -2.81. The second kappa shape index (κ2) is 4.63. The quantitative estimate of drug-likeness (QED) is 0.570. The van der Waals surface area contributed by atoms with Gasteiger partial charge in [-0.3, -0.25) is 5.10 Å². The van der Waals surface area contributed by atoms with Crippen LogP contribution in [0, 0.1) is 6.92 Å². The van der Waals surface area contributed by atoms with E-state index in [1.165, 1.54) is 16.3 Å². The van der Waals surface area contributed by atoms with Crippen molar-refractivity contribution in [3.63, 3.8) is 0 Å². The van der Waals surface area contributed by atoms with E-state index in [-0.39, 0.29) is 0 Å². The van der Waals surface area contributed by atoms with Crippen molar-refractivity contribution >= 4 is 10.8 Å². The Morgan fingerprint density at radius 2 is 1.90 bits per heavy atom. The number of aromatic amines is 1. The van der Waals surface area contributed by atoms with Gasteiger partial charge in [0.2, 0.25) is 0 Å². The summed E-state index contributed by atoms with van der Waals surface area (Å²) in [5.74, 6) is 0.798. The third kappa shape index (κ3) is 1.94. The van der Waals surface area contributed by atoms with E-state index < -0.39 is 0 Å². The first kappa shape index (κ1) is 12.0. The molecule has 0 spiro atoms. The van der Waals surface area contributed by atoms with Gasteiger partial charge in [-0.25, -0.2) is 0 Å². The molecular formula is C18H14N2O. The molecule has 2 aromatic heterocycles. The highest BCUT2D eigenvalue weighted by molar-refractivity contribution is 5.91. The summed E-state index contributed by atoms with van der Waals surface area (Å²) in [7, 11) is 0. The van der Waals surface area contributed by atoms with Crippen LogP contribution in [0.3, 0.4) is 0 Å². The van der Waals surface area contributed by atoms with Crippen molar-refractivity contribution in [3.8, 4) is 22.7 Å². The minimum Gasteiger partial charge on any atom is -0.463 e. The normalized spacial score (nSPS) is 11.1. The molecule has 4 aromatic rings. The van der Waals surface area contributed by atoms with Gasteiger partial charge in [-0.05, 0) is 41.5 Å². The first-order valence-corrected chi connectivity index (χ1v) is 6.91. The Bertz CT molecular complexity index is 904. The van der Waals surface area contributed by atoms with Crippen LogP contribution in [-0.4, -0.2) is 10.2 Å². The number of aromatic nitrogens is 2. The van der Waals surface area contributed by atoms with Gasteiger partial charge >= 0.3 is 0 Å². The molecule has 3 nitrogen and oxygen atoms in total. The molecule has 0 aliphatic heterocycles. The zero-order valence-corrected chi connectivity index (χ0v) is 11.6. The zero-order chi connectivity index (χ0) is 14.2.